The summed E-state index contributed by atoms with van der Waals surface area (Å²) >= 11 is 0. The van der Waals surface area contributed by atoms with Crippen LogP contribution in [-0.2, 0) is 12.8 Å². The Morgan fingerprint density at radius 2 is 1.52 bits per heavy atom. The molecule has 3 nitrogen and oxygen atoms in total. The largest absolute Gasteiger partial charge is 0.427 e. The SMILES string of the molecule is CN(c1ccccc1)c1c2c(oc(=O)c1-c1ccccc1)CCCC2. The Balaban J connectivity index is 1.99. The van der Waals surface area contributed by atoms with Crippen molar-refractivity contribution in [2.75, 3.05) is 11.9 Å². The predicted octanol–water partition coefficient (Wildman–Crippen LogP) is 4.95. The van der Waals surface area contributed by atoms with Gasteiger partial charge >= 0.3 is 5.63 Å². The average molecular weight is 331 g/mol. The molecule has 1 aliphatic rings. The maximum Gasteiger partial charge on any atom is 0.345 e. The average Bonchev–Trinajstić information content (AvgIpc) is 2.67. The van der Waals surface area contributed by atoms with Gasteiger partial charge in [-0.05, 0) is 37.0 Å². The summed E-state index contributed by atoms with van der Waals surface area (Å²) in [5.41, 5.74) is 4.55. The molecule has 0 saturated heterocycles. The summed E-state index contributed by atoms with van der Waals surface area (Å²) in [6.45, 7) is 0. The molecule has 0 N–H and O–H groups in total. The van der Waals surface area contributed by atoms with Gasteiger partial charge in [0.05, 0.1) is 11.3 Å². The van der Waals surface area contributed by atoms with Gasteiger partial charge in [-0.25, -0.2) is 4.79 Å². The number of hydrogen-bond acceptors (Lipinski definition) is 3. The molecule has 0 aliphatic heterocycles. The summed E-state index contributed by atoms with van der Waals surface area (Å²) in [4.78, 5) is 15.0. The smallest absolute Gasteiger partial charge is 0.345 e. The lowest BCUT2D eigenvalue weighted by Gasteiger charge is -2.28. The lowest BCUT2D eigenvalue weighted by atomic mass is 9.91. The standard InChI is InChI=1S/C22H21NO2/c1-23(17-12-6-3-7-13-17)21-18-14-8-9-15-19(18)25-22(24)20(21)16-10-4-2-5-11-16/h2-7,10-13H,8-9,14-15H2,1H3. The first-order chi connectivity index (χ1) is 12.3. The first kappa shape index (κ1) is 15.7. The van der Waals surface area contributed by atoms with Crippen LogP contribution in [-0.4, -0.2) is 7.05 Å². The lowest BCUT2D eigenvalue weighted by molar-refractivity contribution is 0.430. The highest BCUT2D eigenvalue weighted by Gasteiger charge is 2.25. The number of para-hydroxylation sites is 1. The molecule has 126 valence electrons. The highest BCUT2D eigenvalue weighted by atomic mass is 16.4. The van der Waals surface area contributed by atoms with Crippen LogP contribution in [0.2, 0.25) is 0 Å². The first-order valence-corrected chi connectivity index (χ1v) is 8.79. The van der Waals surface area contributed by atoms with Crippen molar-refractivity contribution < 1.29 is 4.42 Å². The Bertz CT molecular complexity index is 929. The van der Waals surface area contributed by atoms with E-state index in [4.69, 9.17) is 4.42 Å². The molecule has 0 bridgehead atoms. The van der Waals surface area contributed by atoms with Crippen molar-refractivity contribution >= 4 is 11.4 Å². The zero-order valence-electron chi connectivity index (χ0n) is 14.4. The van der Waals surface area contributed by atoms with Crippen molar-refractivity contribution in [2.24, 2.45) is 0 Å². The van der Waals surface area contributed by atoms with E-state index < -0.39 is 0 Å². The Morgan fingerprint density at radius 3 is 2.24 bits per heavy atom. The van der Waals surface area contributed by atoms with Gasteiger partial charge in [0.25, 0.3) is 0 Å². The number of nitrogens with zero attached hydrogens (tertiary/aromatic N) is 1. The quantitative estimate of drug-likeness (QED) is 0.680. The monoisotopic (exact) mass is 331 g/mol. The lowest BCUT2D eigenvalue weighted by Crippen LogP contribution is -2.21. The molecule has 0 fully saturated rings. The topological polar surface area (TPSA) is 33.5 Å². The molecular formula is C22H21NO2. The van der Waals surface area contributed by atoms with Gasteiger partial charge in [-0.3, -0.25) is 0 Å². The molecule has 0 radical (unpaired) electrons. The predicted molar refractivity (Wildman–Crippen MR) is 102 cm³/mol. The van der Waals surface area contributed by atoms with Crippen LogP contribution < -0.4 is 10.5 Å². The Labute approximate surface area is 147 Å². The highest BCUT2D eigenvalue weighted by Crippen LogP contribution is 2.39. The minimum atomic E-state index is -0.246. The van der Waals surface area contributed by atoms with E-state index in [1.54, 1.807) is 0 Å². The van der Waals surface area contributed by atoms with Crippen LogP contribution in [0.15, 0.2) is 69.9 Å². The third-order valence-corrected chi connectivity index (χ3v) is 4.90. The molecular weight excluding hydrogens is 310 g/mol. The molecule has 1 aliphatic carbocycles. The second-order valence-electron chi connectivity index (χ2n) is 6.48. The fraction of sp³-hybridized carbons (Fsp3) is 0.227. The molecule has 0 saturated carbocycles. The van der Waals surface area contributed by atoms with Gasteiger partial charge < -0.3 is 9.32 Å². The van der Waals surface area contributed by atoms with E-state index in [1.807, 2.05) is 55.6 Å². The van der Waals surface area contributed by atoms with E-state index in [0.717, 1.165) is 48.4 Å². The van der Waals surface area contributed by atoms with Crippen molar-refractivity contribution in [1.29, 1.82) is 0 Å². The number of anilines is 2. The van der Waals surface area contributed by atoms with E-state index in [0.29, 0.717) is 5.56 Å². The highest BCUT2D eigenvalue weighted by molar-refractivity contribution is 5.84. The van der Waals surface area contributed by atoms with Crippen molar-refractivity contribution in [1.82, 2.24) is 0 Å². The third-order valence-electron chi connectivity index (χ3n) is 4.90. The number of hydrogen-bond donors (Lipinski definition) is 0. The van der Waals surface area contributed by atoms with Gasteiger partial charge in [0.1, 0.15) is 5.76 Å². The van der Waals surface area contributed by atoms with E-state index in [-0.39, 0.29) is 5.63 Å². The summed E-state index contributed by atoms with van der Waals surface area (Å²) in [7, 11) is 2.03. The molecule has 1 heterocycles. The summed E-state index contributed by atoms with van der Waals surface area (Å²) in [5, 5.41) is 0. The molecule has 3 aromatic rings. The zero-order chi connectivity index (χ0) is 17.2. The summed E-state index contributed by atoms with van der Waals surface area (Å²) in [6, 6.07) is 20.0. The summed E-state index contributed by atoms with van der Waals surface area (Å²) < 4.78 is 5.73. The van der Waals surface area contributed by atoms with Crippen LogP contribution in [0.3, 0.4) is 0 Å². The Morgan fingerprint density at radius 1 is 0.880 bits per heavy atom. The number of rotatable bonds is 3. The van der Waals surface area contributed by atoms with Gasteiger partial charge in [0.15, 0.2) is 0 Å². The van der Waals surface area contributed by atoms with Gasteiger partial charge in [-0.1, -0.05) is 48.5 Å². The number of fused-ring (bicyclic) bond motifs is 1. The van der Waals surface area contributed by atoms with Crippen LogP contribution in [0, 0.1) is 0 Å². The maximum atomic E-state index is 12.9. The molecule has 25 heavy (non-hydrogen) atoms. The Hall–Kier alpha value is -2.81. The fourth-order valence-electron chi connectivity index (χ4n) is 3.66. The zero-order valence-corrected chi connectivity index (χ0v) is 14.4. The second-order valence-corrected chi connectivity index (χ2v) is 6.48. The van der Waals surface area contributed by atoms with Gasteiger partial charge in [-0.2, -0.15) is 0 Å². The van der Waals surface area contributed by atoms with Crippen LogP contribution >= 0.6 is 0 Å². The van der Waals surface area contributed by atoms with Crippen LogP contribution in [0.25, 0.3) is 11.1 Å². The molecule has 2 aromatic carbocycles. The van der Waals surface area contributed by atoms with E-state index in [2.05, 4.69) is 17.0 Å². The third kappa shape index (κ3) is 2.86. The number of aryl methyl sites for hydroxylation is 1. The van der Waals surface area contributed by atoms with Crippen molar-refractivity contribution in [3.8, 4) is 11.1 Å². The van der Waals surface area contributed by atoms with Gasteiger partial charge in [0, 0.05) is 24.7 Å². The van der Waals surface area contributed by atoms with Crippen molar-refractivity contribution in [3.63, 3.8) is 0 Å². The van der Waals surface area contributed by atoms with Crippen molar-refractivity contribution in [3.05, 3.63) is 82.4 Å². The summed E-state index contributed by atoms with van der Waals surface area (Å²) in [5.74, 6) is 0.855. The minimum absolute atomic E-state index is 0.246. The van der Waals surface area contributed by atoms with Gasteiger partial charge in [-0.15, -0.1) is 0 Å². The molecule has 0 unspecified atom stereocenters. The second kappa shape index (κ2) is 6.60. The normalized spacial score (nSPS) is 13.3. The minimum Gasteiger partial charge on any atom is -0.427 e. The maximum absolute atomic E-state index is 12.9. The fourth-order valence-corrected chi connectivity index (χ4v) is 3.66. The van der Waals surface area contributed by atoms with E-state index in [9.17, 15) is 4.79 Å². The van der Waals surface area contributed by atoms with Crippen LogP contribution in [0.5, 0.6) is 0 Å². The van der Waals surface area contributed by atoms with Crippen molar-refractivity contribution in [2.45, 2.75) is 25.7 Å². The van der Waals surface area contributed by atoms with E-state index in [1.165, 1.54) is 5.56 Å². The molecule has 0 spiro atoms. The number of benzene rings is 2. The van der Waals surface area contributed by atoms with Crippen LogP contribution in [0.4, 0.5) is 11.4 Å². The molecule has 0 amide bonds. The Kier molecular flexibility index (Phi) is 4.14. The molecule has 1 aromatic heterocycles. The van der Waals surface area contributed by atoms with Gasteiger partial charge in [0.2, 0.25) is 0 Å². The van der Waals surface area contributed by atoms with E-state index >= 15 is 0 Å². The molecule has 4 rings (SSSR count). The van der Waals surface area contributed by atoms with Crippen LogP contribution in [0.1, 0.15) is 24.2 Å². The summed E-state index contributed by atoms with van der Waals surface area (Å²) in [6.07, 6.45) is 4.00. The first-order valence-electron chi connectivity index (χ1n) is 8.79. The molecule has 3 heteroatoms. The molecule has 0 atom stereocenters.